The maximum absolute atomic E-state index is 2.32. The molecule has 15 heavy (non-hydrogen) atoms. The minimum atomic E-state index is 0.362. The summed E-state index contributed by atoms with van der Waals surface area (Å²) in [6, 6.07) is 8.72. The molecule has 1 aliphatic heterocycles. The van der Waals surface area contributed by atoms with Gasteiger partial charge in [-0.05, 0) is 30.9 Å². The van der Waals surface area contributed by atoms with Crippen molar-refractivity contribution in [1.82, 2.24) is 0 Å². The van der Waals surface area contributed by atoms with E-state index in [0.29, 0.717) is 5.41 Å². The molecule has 0 saturated heterocycles. The molecule has 0 radical (unpaired) electrons. The maximum Gasteiger partial charge on any atom is 0.0406 e. The second-order valence-electron chi connectivity index (χ2n) is 5.08. The highest BCUT2D eigenvalue weighted by molar-refractivity contribution is 5.50. The van der Waals surface area contributed by atoms with Gasteiger partial charge >= 0.3 is 0 Å². The number of allylic oxidation sites excluding steroid dienone is 1. The average molecular weight is 201 g/mol. The van der Waals surface area contributed by atoms with Gasteiger partial charge in [0, 0.05) is 18.4 Å². The molecular formula is C14H19N. The van der Waals surface area contributed by atoms with E-state index in [9.17, 15) is 0 Å². The largest absolute Gasteiger partial charge is 0.348 e. The van der Waals surface area contributed by atoms with Gasteiger partial charge in [0.25, 0.3) is 0 Å². The van der Waals surface area contributed by atoms with Gasteiger partial charge in [-0.15, -0.1) is 0 Å². The van der Waals surface area contributed by atoms with Crippen LogP contribution in [0.3, 0.4) is 0 Å². The molecule has 0 bridgehead atoms. The van der Waals surface area contributed by atoms with Gasteiger partial charge in [0.05, 0.1) is 0 Å². The van der Waals surface area contributed by atoms with Gasteiger partial charge < -0.3 is 4.90 Å². The number of rotatable bonds is 1. The van der Waals surface area contributed by atoms with Crippen LogP contribution in [0.25, 0.3) is 0 Å². The van der Waals surface area contributed by atoms with Gasteiger partial charge in [0.15, 0.2) is 0 Å². The summed E-state index contributed by atoms with van der Waals surface area (Å²) >= 11 is 0. The number of nitrogens with zero attached hydrogens (tertiary/aromatic N) is 1. The quantitative estimate of drug-likeness (QED) is 0.669. The molecule has 0 N–H and O–H groups in total. The van der Waals surface area contributed by atoms with Crippen LogP contribution in [0, 0.1) is 12.3 Å². The number of anilines is 1. The van der Waals surface area contributed by atoms with Gasteiger partial charge in [-0.1, -0.05) is 37.6 Å². The van der Waals surface area contributed by atoms with Crippen molar-refractivity contribution >= 4 is 5.69 Å². The Morgan fingerprint density at radius 1 is 1.13 bits per heavy atom. The summed E-state index contributed by atoms with van der Waals surface area (Å²) in [7, 11) is 0. The van der Waals surface area contributed by atoms with Crippen molar-refractivity contribution in [1.29, 1.82) is 0 Å². The third-order valence-corrected chi connectivity index (χ3v) is 3.07. The van der Waals surface area contributed by atoms with Crippen molar-refractivity contribution in [2.24, 2.45) is 5.41 Å². The second-order valence-corrected chi connectivity index (χ2v) is 5.08. The van der Waals surface area contributed by atoms with E-state index in [4.69, 9.17) is 0 Å². The Kier molecular flexibility index (Phi) is 2.56. The predicted octanol–water partition coefficient (Wildman–Crippen LogP) is 3.75. The Labute approximate surface area is 92.4 Å². The summed E-state index contributed by atoms with van der Waals surface area (Å²) < 4.78 is 0. The van der Waals surface area contributed by atoms with Crippen LogP contribution in [0.2, 0.25) is 0 Å². The molecule has 0 atom stereocenters. The van der Waals surface area contributed by atoms with E-state index in [2.05, 4.69) is 62.2 Å². The van der Waals surface area contributed by atoms with Crippen molar-refractivity contribution in [3.8, 4) is 0 Å². The summed E-state index contributed by atoms with van der Waals surface area (Å²) in [5, 5.41) is 0. The molecule has 80 valence electrons. The van der Waals surface area contributed by atoms with Gasteiger partial charge in [0.2, 0.25) is 0 Å². The van der Waals surface area contributed by atoms with E-state index in [1.165, 1.54) is 17.7 Å². The third kappa shape index (κ3) is 2.41. The van der Waals surface area contributed by atoms with Crippen molar-refractivity contribution in [3.63, 3.8) is 0 Å². The third-order valence-electron chi connectivity index (χ3n) is 3.07. The van der Waals surface area contributed by atoms with Gasteiger partial charge in [-0.2, -0.15) is 0 Å². The van der Waals surface area contributed by atoms with E-state index >= 15 is 0 Å². The normalized spacial score (nSPS) is 19.3. The Hall–Kier alpha value is -1.24. The first-order valence-corrected chi connectivity index (χ1v) is 5.59. The summed E-state index contributed by atoms with van der Waals surface area (Å²) in [6.07, 6.45) is 5.74. The Bertz CT molecular complexity index is 359. The highest BCUT2D eigenvalue weighted by Crippen LogP contribution is 2.29. The summed E-state index contributed by atoms with van der Waals surface area (Å²) in [4.78, 5) is 2.32. The molecule has 1 aliphatic rings. The van der Waals surface area contributed by atoms with Crippen molar-refractivity contribution < 1.29 is 0 Å². The number of aryl methyl sites for hydroxylation is 1. The predicted molar refractivity (Wildman–Crippen MR) is 66.1 cm³/mol. The first kappa shape index (κ1) is 10.3. The number of benzene rings is 1. The van der Waals surface area contributed by atoms with Crippen LogP contribution in [-0.4, -0.2) is 6.54 Å². The molecule has 0 amide bonds. The molecular weight excluding hydrogens is 182 g/mol. The fraction of sp³-hybridized carbons (Fsp3) is 0.429. The van der Waals surface area contributed by atoms with Gasteiger partial charge in [-0.25, -0.2) is 0 Å². The van der Waals surface area contributed by atoms with E-state index in [-0.39, 0.29) is 0 Å². The number of hydrogen-bond donors (Lipinski definition) is 0. The lowest BCUT2D eigenvalue weighted by Crippen LogP contribution is -2.27. The molecule has 0 aliphatic carbocycles. The maximum atomic E-state index is 2.32. The summed E-state index contributed by atoms with van der Waals surface area (Å²) in [6.45, 7) is 7.82. The molecule has 0 fully saturated rings. The molecule has 0 saturated carbocycles. The minimum Gasteiger partial charge on any atom is -0.348 e. The monoisotopic (exact) mass is 201 g/mol. The Morgan fingerprint density at radius 3 is 2.33 bits per heavy atom. The van der Waals surface area contributed by atoms with Crippen LogP contribution >= 0.6 is 0 Å². The molecule has 1 heteroatoms. The summed E-state index contributed by atoms with van der Waals surface area (Å²) in [5.41, 5.74) is 2.98. The molecule has 0 unspecified atom stereocenters. The van der Waals surface area contributed by atoms with Crippen LogP contribution in [0.5, 0.6) is 0 Å². The van der Waals surface area contributed by atoms with Crippen molar-refractivity contribution in [2.45, 2.75) is 27.2 Å². The fourth-order valence-electron chi connectivity index (χ4n) is 1.81. The second kappa shape index (κ2) is 3.73. The molecule has 1 aromatic carbocycles. The van der Waals surface area contributed by atoms with Crippen LogP contribution in [0.15, 0.2) is 36.5 Å². The average Bonchev–Trinajstić information content (AvgIpc) is 2.20. The highest BCUT2D eigenvalue weighted by Gasteiger charge is 2.20. The van der Waals surface area contributed by atoms with Gasteiger partial charge in [-0.3, -0.25) is 0 Å². The van der Waals surface area contributed by atoms with E-state index < -0.39 is 0 Å². The zero-order chi connectivity index (χ0) is 10.9. The Morgan fingerprint density at radius 2 is 1.80 bits per heavy atom. The molecule has 0 aromatic heterocycles. The highest BCUT2D eigenvalue weighted by atomic mass is 15.1. The van der Waals surface area contributed by atoms with E-state index in [1.54, 1.807) is 0 Å². The number of hydrogen-bond acceptors (Lipinski definition) is 1. The van der Waals surface area contributed by atoms with Crippen molar-refractivity contribution in [3.05, 3.63) is 42.1 Å². The molecule has 1 heterocycles. The molecule has 1 nitrogen and oxygen atoms in total. The van der Waals surface area contributed by atoms with Crippen LogP contribution in [-0.2, 0) is 0 Å². The zero-order valence-electron chi connectivity index (χ0n) is 9.83. The molecule has 0 spiro atoms. The lowest BCUT2D eigenvalue weighted by atomic mass is 9.87. The van der Waals surface area contributed by atoms with Crippen LogP contribution in [0.4, 0.5) is 5.69 Å². The van der Waals surface area contributed by atoms with E-state index in [0.717, 1.165) is 6.54 Å². The van der Waals surface area contributed by atoms with Crippen LogP contribution in [0.1, 0.15) is 25.8 Å². The fourth-order valence-corrected chi connectivity index (χ4v) is 1.81. The van der Waals surface area contributed by atoms with E-state index in [1.807, 2.05) is 0 Å². The summed E-state index contributed by atoms with van der Waals surface area (Å²) in [5.74, 6) is 0. The smallest absolute Gasteiger partial charge is 0.0406 e. The lowest BCUT2D eigenvalue weighted by Gasteiger charge is -2.32. The standard InChI is InChI=1S/C14H19N/c1-12-4-6-13(7-5-12)15-10-8-14(2,3)9-11-15/h4-8,10H,9,11H2,1-3H3. The van der Waals surface area contributed by atoms with Crippen molar-refractivity contribution in [2.75, 3.05) is 11.4 Å². The first-order valence-electron chi connectivity index (χ1n) is 5.59. The first-order chi connectivity index (χ1) is 7.07. The lowest BCUT2D eigenvalue weighted by molar-refractivity contribution is 0.427. The zero-order valence-corrected chi connectivity index (χ0v) is 9.83. The topological polar surface area (TPSA) is 3.24 Å². The minimum absolute atomic E-state index is 0.362. The molecule has 1 aromatic rings. The SMILES string of the molecule is Cc1ccc(N2C=CC(C)(C)CC2)cc1. The van der Waals surface area contributed by atoms with Crippen LogP contribution < -0.4 is 4.90 Å². The molecule has 2 rings (SSSR count). The van der Waals surface area contributed by atoms with Gasteiger partial charge in [0.1, 0.15) is 0 Å². The Balaban J connectivity index is 2.17.